The quantitative estimate of drug-likeness (QED) is 0.717. The van der Waals surface area contributed by atoms with Crippen molar-refractivity contribution in [2.24, 2.45) is 0 Å². The van der Waals surface area contributed by atoms with Gasteiger partial charge in [-0.15, -0.1) is 0 Å². The molecule has 2 heterocycles. The third kappa shape index (κ3) is 3.42. The molecular weight excluding hydrogens is 214 g/mol. The van der Waals surface area contributed by atoms with Crippen molar-refractivity contribution >= 4 is 5.91 Å². The average Bonchev–Trinajstić information content (AvgIpc) is 2.28. The van der Waals surface area contributed by atoms with Gasteiger partial charge < -0.3 is 10.2 Å². The fourth-order valence-corrected chi connectivity index (χ4v) is 2.55. The number of amides is 1. The third-order valence-corrected chi connectivity index (χ3v) is 3.94. The standard InChI is InChI=1S/C13H25N3O/c1-2-3-4-5-13(17)16-8-6-15(7-9-16)12-10-14-11-12/h12,14H,2-11H2,1H3. The highest BCUT2D eigenvalue weighted by molar-refractivity contribution is 5.76. The Labute approximate surface area is 104 Å². The molecule has 17 heavy (non-hydrogen) atoms. The molecule has 2 fully saturated rings. The highest BCUT2D eigenvalue weighted by Crippen LogP contribution is 2.11. The summed E-state index contributed by atoms with van der Waals surface area (Å²) in [6.07, 6.45) is 4.18. The summed E-state index contributed by atoms with van der Waals surface area (Å²) in [6.45, 7) is 8.42. The lowest BCUT2D eigenvalue weighted by Gasteiger charge is -2.43. The van der Waals surface area contributed by atoms with Gasteiger partial charge in [-0.25, -0.2) is 0 Å². The van der Waals surface area contributed by atoms with Crippen LogP contribution in [0, 0.1) is 0 Å². The van der Waals surface area contributed by atoms with E-state index in [0.717, 1.165) is 58.2 Å². The molecule has 0 aromatic heterocycles. The molecule has 0 unspecified atom stereocenters. The van der Waals surface area contributed by atoms with Gasteiger partial charge in [-0.05, 0) is 6.42 Å². The van der Waals surface area contributed by atoms with Crippen molar-refractivity contribution in [2.45, 2.75) is 38.6 Å². The average molecular weight is 239 g/mol. The Hall–Kier alpha value is -0.610. The van der Waals surface area contributed by atoms with E-state index in [1.165, 1.54) is 12.8 Å². The predicted molar refractivity (Wildman–Crippen MR) is 69.0 cm³/mol. The highest BCUT2D eigenvalue weighted by atomic mass is 16.2. The molecule has 2 saturated heterocycles. The van der Waals surface area contributed by atoms with Crippen LogP contribution in [0.1, 0.15) is 32.6 Å². The number of hydrogen-bond donors (Lipinski definition) is 1. The molecule has 0 atom stereocenters. The smallest absolute Gasteiger partial charge is 0.222 e. The highest BCUT2D eigenvalue weighted by Gasteiger charge is 2.28. The van der Waals surface area contributed by atoms with E-state index in [2.05, 4.69) is 22.0 Å². The molecule has 4 nitrogen and oxygen atoms in total. The van der Waals surface area contributed by atoms with Crippen LogP contribution in [0.4, 0.5) is 0 Å². The molecule has 0 spiro atoms. The molecule has 4 heteroatoms. The van der Waals surface area contributed by atoms with Crippen molar-refractivity contribution in [3.05, 3.63) is 0 Å². The summed E-state index contributed by atoms with van der Waals surface area (Å²) >= 11 is 0. The van der Waals surface area contributed by atoms with E-state index in [9.17, 15) is 4.79 Å². The normalized spacial score (nSPS) is 22.5. The number of carbonyl (C=O) groups is 1. The van der Waals surface area contributed by atoms with Gasteiger partial charge in [0.25, 0.3) is 0 Å². The topological polar surface area (TPSA) is 35.6 Å². The van der Waals surface area contributed by atoms with E-state index in [0.29, 0.717) is 5.91 Å². The summed E-state index contributed by atoms with van der Waals surface area (Å²) in [7, 11) is 0. The molecule has 2 rings (SSSR count). The van der Waals surface area contributed by atoms with Crippen molar-refractivity contribution in [1.82, 2.24) is 15.1 Å². The van der Waals surface area contributed by atoms with Crippen molar-refractivity contribution < 1.29 is 4.79 Å². The van der Waals surface area contributed by atoms with Gasteiger partial charge >= 0.3 is 0 Å². The van der Waals surface area contributed by atoms with E-state index < -0.39 is 0 Å². The van der Waals surface area contributed by atoms with E-state index >= 15 is 0 Å². The Morgan fingerprint density at radius 2 is 1.88 bits per heavy atom. The fraction of sp³-hybridized carbons (Fsp3) is 0.923. The predicted octanol–water partition coefficient (Wildman–Crippen LogP) is 0.683. The molecule has 0 radical (unpaired) electrons. The van der Waals surface area contributed by atoms with E-state index in [1.54, 1.807) is 0 Å². The van der Waals surface area contributed by atoms with Crippen LogP contribution in [0.25, 0.3) is 0 Å². The van der Waals surface area contributed by atoms with Crippen LogP contribution in [0.2, 0.25) is 0 Å². The first kappa shape index (κ1) is 12.8. The van der Waals surface area contributed by atoms with Gasteiger partial charge in [-0.3, -0.25) is 9.69 Å². The second kappa shape index (κ2) is 6.36. The molecular formula is C13H25N3O. The lowest BCUT2D eigenvalue weighted by molar-refractivity contribution is -0.133. The number of rotatable bonds is 5. The zero-order chi connectivity index (χ0) is 12.1. The molecule has 0 saturated carbocycles. The summed E-state index contributed by atoms with van der Waals surface area (Å²) in [4.78, 5) is 16.5. The molecule has 0 bridgehead atoms. The van der Waals surface area contributed by atoms with Gasteiger partial charge in [0.1, 0.15) is 0 Å². The van der Waals surface area contributed by atoms with Gasteiger partial charge in [0.2, 0.25) is 5.91 Å². The van der Waals surface area contributed by atoms with Crippen LogP contribution >= 0.6 is 0 Å². The number of piperazine rings is 1. The third-order valence-electron chi connectivity index (χ3n) is 3.94. The zero-order valence-corrected chi connectivity index (χ0v) is 11.0. The van der Waals surface area contributed by atoms with Gasteiger partial charge in [0.15, 0.2) is 0 Å². The zero-order valence-electron chi connectivity index (χ0n) is 11.0. The van der Waals surface area contributed by atoms with Crippen molar-refractivity contribution in [2.75, 3.05) is 39.3 Å². The molecule has 0 aromatic carbocycles. The second-order valence-corrected chi connectivity index (χ2v) is 5.19. The minimum absolute atomic E-state index is 0.366. The van der Waals surface area contributed by atoms with Crippen LogP contribution in [0.3, 0.4) is 0 Å². The maximum atomic E-state index is 11.9. The van der Waals surface area contributed by atoms with Crippen molar-refractivity contribution in [3.63, 3.8) is 0 Å². The van der Waals surface area contributed by atoms with E-state index in [-0.39, 0.29) is 0 Å². The summed E-state index contributed by atoms with van der Waals surface area (Å²) in [5, 5.41) is 3.30. The van der Waals surface area contributed by atoms with Gasteiger partial charge in [0.05, 0.1) is 0 Å². The second-order valence-electron chi connectivity index (χ2n) is 5.19. The van der Waals surface area contributed by atoms with E-state index in [1.807, 2.05) is 0 Å². The van der Waals surface area contributed by atoms with Crippen LogP contribution in [-0.4, -0.2) is 61.0 Å². The molecule has 0 aromatic rings. The largest absolute Gasteiger partial charge is 0.340 e. The first-order valence-electron chi connectivity index (χ1n) is 7.04. The Kier molecular flexibility index (Phi) is 4.80. The monoisotopic (exact) mass is 239 g/mol. The number of unbranched alkanes of at least 4 members (excludes halogenated alkanes) is 2. The van der Waals surface area contributed by atoms with Gasteiger partial charge in [-0.1, -0.05) is 19.8 Å². The van der Waals surface area contributed by atoms with Gasteiger partial charge in [0, 0.05) is 51.7 Å². The first-order valence-corrected chi connectivity index (χ1v) is 7.04. The lowest BCUT2D eigenvalue weighted by Crippen LogP contribution is -2.62. The van der Waals surface area contributed by atoms with Gasteiger partial charge in [-0.2, -0.15) is 0 Å². The minimum Gasteiger partial charge on any atom is -0.340 e. The summed E-state index contributed by atoms with van der Waals surface area (Å²) in [5.41, 5.74) is 0. The molecule has 1 N–H and O–H groups in total. The van der Waals surface area contributed by atoms with Crippen LogP contribution < -0.4 is 5.32 Å². The number of hydrogen-bond acceptors (Lipinski definition) is 3. The van der Waals surface area contributed by atoms with Crippen LogP contribution in [0.15, 0.2) is 0 Å². The Morgan fingerprint density at radius 3 is 2.41 bits per heavy atom. The lowest BCUT2D eigenvalue weighted by atomic mass is 10.1. The Balaban J connectivity index is 1.65. The minimum atomic E-state index is 0.366. The Bertz CT molecular complexity index is 245. The molecule has 2 aliphatic rings. The maximum absolute atomic E-state index is 11.9. The van der Waals surface area contributed by atoms with E-state index in [4.69, 9.17) is 0 Å². The van der Waals surface area contributed by atoms with Crippen molar-refractivity contribution in [3.8, 4) is 0 Å². The van der Waals surface area contributed by atoms with Crippen molar-refractivity contribution in [1.29, 1.82) is 0 Å². The molecule has 98 valence electrons. The van der Waals surface area contributed by atoms with Crippen LogP contribution in [0.5, 0.6) is 0 Å². The summed E-state index contributed by atoms with van der Waals surface area (Å²) in [5.74, 6) is 0.366. The summed E-state index contributed by atoms with van der Waals surface area (Å²) < 4.78 is 0. The van der Waals surface area contributed by atoms with Crippen LogP contribution in [-0.2, 0) is 4.79 Å². The summed E-state index contributed by atoms with van der Waals surface area (Å²) in [6, 6.07) is 0.729. The maximum Gasteiger partial charge on any atom is 0.222 e. The number of nitrogens with one attached hydrogen (secondary N) is 1. The first-order chi connectivity index (χ1) is 8.31. The molecule has 0 aliphatic carbocycles. The SMILES string of the molecule is CCCCCC(=O)N1CCN(C2CNC2)CC1. The number of carbonyl (C=O) groups excluding carboxylic acids is 1. The molecule has 1 amide bonds. The Morgan fingerprint density at radius 1 is 1.18 bits per heavy atom. The number of nitrogens with zero attached hydrogens (tertiary/aromatic N) is 2. The fourth-order valence-electron chi connectivity index (χ4n) is 2.55. The molecule has 2 aliphatic heterocycles.